The Kier molecular flexibility index (Phi) is 7.34. The molecule has 0 saturated heterocycles. The topological polar surface area (TPSA) is 29.5 Å². The molecule has 0 atom stereocenters. The predicted molar refractivity (Wildman–Crippen MR) is 67.1 cm³/mol. The lowest BCUT2D eigenvalue weighted by atomic mass is 9.99. The third kappa shape index (κ3) is 4.51. The van der Waals surface area contributed by atoms with Gasteiger partial charge in [0, 0.05) is 25.9 Å². The molecule has 3 heteroatoms. The van der Waals surface area contributed by atoms with Gasteiger partial charge in [0.25, 0.3) is 0 Å². The fourth-order valence-electron chi connectivity index (χ4n) is 1.44. The van der Waals surface area contributed by atoms with Crippen molar-refractivity contribution in [3.05, 3.63) is 23.6 Å². The molecule has 1 rings (SSSR count). The maximum atomic E-state index is 11.8. The van der Waals surface area contributed by atoms with Crippen molar-refractivity contribution in [2.75, 3.05) is 20.7 Å². The van der Waals surface area contributed by atoms with E-state index in [1.165, 1.54) is 0 Å². The van der Waals surface area contributed by atoms with E-state index in [2.05, 4.69) is 0 Å². The van der Waals surface area contributed by atoms with Crippen LogP contribution in [-0.4, -0.2) is 31.4 Å². The highest BCUT2D eigenvalue weighted by molar-refractivity contribution is 6.07. The van der Waals surface area contributed by atoms with Crippen molar-refractivity contribution in [2.45, 2.75) is 33.6 Å². The molecule has 3 nitrogen and oxygen atoms in total. The van der Waals surface area contributed by atoms with Crippen LogP contribution < -0.4 is 0 Å². The van der Waals surface area contributed by atoms with E-state index in [4.69, 9.17) is 4.74 Å². The minimum Gasteiger partial charge on any atom is -0.490 e. The van der Waals surface area contributed by atoms with E-state index in [-0.39, 0.29) is 5.78 Å². The zero-order valence-corrected chi connectivity index (χ0v) is 11.0. The molecular weight excluding hydrogens is 202 g/mol. The van der Waals surface area contributed by atoms with Gasteiger partial charge in [-0.1, -0.05) is 13.8 Å². The standard InChI is InChI=1S/C11H17NO2.C2H6/c1-4-14-10-7-5-6-9(11(10)13)8-12(2)3;1-2/h7-8H,4-6H2,1-3H3;1-2H3/b9-8+;. The lowest BCUT2D eigenvalue weighted by Gasteiger charge is -2.16. The Labute approximate surface area is 98.8 Å². The molecule has 0 aliphatic heterocycles. The molecule has 0 amide bonds. The van der Waals surface area contributed by atoms with Crippen LogP contribution in [0, 0.1) is 0 Å². The first-order valence-corrected chi connectivity index (χ1v) is 5.90. The Balaban J connectivity index is 0.00000106. The summed E-state index contributed by atoms with van der Waals surface area (Å²) >= 11 is 0. The lowest BCUT2D eigenvalue weighted by molar-refractivity contribution is -0.115. The number of carbonyl (C=O) groups excluding carboxylic acids is 1. The molecule has 0 radical (unpaired) electrons. The predicted octanol–water partition coefficient (Wildman–Crippen LogP) is 2.74. The summed E-state index contributed by atoms with van der Waals surface area (Å²) in [4.78, 5) is 13.7. The molecule has 0 aromatic rings. The number of hydrogen-bond acceptors (Lipinski definition) is 3. The van der Waals surface area contributed by atoms with Crippen LogP contribution in [0.1, 0.15) is 33.6 Å². The van der Waals surface area contributed by atoms with Crippen LogP contribution in [-0.2, 0) is 9.53 Å². The Morgan fingerprint density at radius 3 is 2.56 bits per heavy atom. The van der Waals surface area contributed by atoms with Gasteiger partial charge in [-0.05, 0) is 25.8 Å². The summed E-state index contributed by atoms with van der Waals surface area (Å²) in [5.74, 6) is 0.540. The second-order valence-electron chi connectivity index (χ2n) is 3.49. The van der Waals surface area contributed by atoms with Crippen molar-refractivity contribution >= 4 is 5.78 Å². The van der Waals surface area contributed by atoms with Gasteiger partial charge in [0.2, 0.25) is 5.78 Å². The fraction of sp³-hybridized carbons (Fsp3) is 0.615. The molecular formula is C13H23NO2. The van der Waals surface area contributed by atoms with Crippen LogP contribution in [0.15, 0.2) is 23.6 Å². The van der Waals surface area contributed by atoms with Gasteiger partial charge in [0.05, 0.1) is 6.61 Å². The van der Waals surface area contributed by atoms with Crippen molar-refractivity contribution in [2.24, 2.45) is 0 Å². The minimum absolute atomic E-state index is 0.0341. The Morgan fingerprint density at radius 1 is 1.44 bits per heavy atom. The average Bonchev–Trinajstić information content (AvgIpc) is 2.26. The molecule has 0 unspecified atom stereocenters. The molecule has 0 saturated carbocycles. The van der Waals surface area contributed by atoms with Crippen molar-refractivity contribution in [1.29, 1.82) is 0 Å². The largest absolute Gasteiger partial charge is 0.490 e. The molecule has 92 valence electrons. The molecule has 16 heavy (non-hydrogen) atoms. The molecule has 0 aromatic carbocycles. The van der Waals surface area contributed by atoms with E-state index in [1.54, 1.807) is 0 Å². The number of rotatable bonds is 3. The third-order valence-electron chi connectivity index (χ3n) is 1.97. The first kappa shape index (κ1) is 14.8. The lowest BCUT2D eigenvalue weighted by Crippen LogP contribution is -2.16. The van der Waals surface area contributed by atoms with E-state index in [9.17, 15) is 4.79 Å². The third-order valence-corrected chi connectivity index (χ3v) is 1.97. The quantitative estimate of drug-likeness (QED) is 0.692. The van der Waals surface area contributed by atoms with Gasteiger partial charge in [-0.25, -0.2) is 0 Å². The second kappa shape index (κ2) is 7.97. The number of ether oxygens (including phenoxy) is 1. The van der Waals surface area contributed by atoms with Gasteiger partial charge in [-0.3, -0.25) is 4.79 Å². The molecule has 0 aromatic heterocycles. The maximum absolute atomic E-state index is 11.8. The maximum Gasteiger partial charge on any atom is 0.224 e. The zero-order valence-electron chi connectivity index (χ0n) is 11.0. The number of hydrogen-bond donors (Lipinski definition) is 0. The number of Topliss-reactive ketones (excluding diaryl/α,β-unsaturated/α-hetero) is 1. The molecule has 0 fully saturated rings. The molecule has 1 aliphatic carbocycles. The van der Waals surface area contributed by atoms with Gasteiger partial charge in [-0.15, -0.1) is 0 Å². The summed E-state index contributed by atoms with van der Waals surface area (Å²) in [5.41, 5.74) is 0.834. The smallest absolute Gasteiger partial charge is 0.224 e. The number of carbonyl (C=O) groups is 1. The van der Waals surface area contributed by atoms with Crippen LogP contribution in [0.2, 0.25) is 0 Å². The van der Waals surface area contributed by atoms with Gasteiger partial charge in [-0.2, -0.15) is 0 Å². The van der Waals surface area contributed by atoms with Crippen LogP contribution in [0.25, 0.3) is 0 Å². The minimum atomic E-state index is 0.0341. The Hall–Kier alpha value is -1.25. The van der Waals surface area contributed by atoms with Gasteiger partial charge in [0.15, 0.2) is 5.76 Å². The average molecular weight is 225 g/mol. The van der Waals surface area contributed by atoms with E-state index in [0.29, 0.717) is 12.4 Å². The normalized spacial score (nSPS) is 17.4. The van der Waals surface area contributed by atoms with E-state index < -0.39 is 0 Å². The van der Waals surface area contributed by atoms with Crippen LogP contribution in [0.3, 0.4) is 0 Å². The number of nitrogens with zero attached hydrogens (tertiary/aromatic N) is 1. The van der Waals surface area contributed by atoms with Crippen LogP contribution in [0.5, 0.6) is 0 Å². The molecule has 0 heterocycles. The Bertz CT molecular complexity index is 278. The summed E-state index contributed by atoms with van der Waals surface area (Å²) in [6.45, 7) is 6.44. The summed E-state index contributed by atoms with van der Waals surface area (Å²) in [6, 6.07) is 0. The summed E-state index contributed by atoms with van der Waals surface area (Å²) < 4.78 is 5.26. The molecule has 0 spiro atoms. The first-order chi connectivity index (χ1) is 7.65. The van der Waals surface area contributed by atoms with Gasteiger partial charge in [0.1, 0.15) is 0 Å². The first-order valence-electron chi connectivity index (χ1n) is 5.90. The van der Waals surface area contributed by atoms with Crippen molar-refractivity contribution < 1.29 is 9.53 Å². The highest BCUT2D eigenvalue weighted by Gasteiger charge is 2.20. The highest BCUT2D eigenvalue weighted by Crippen LogP contribution is 2.20. The molecule has 1 aliphatic rings. The van der Waals surface area contributed by atoms with Gasteiger partial charge < -0.3 is 9.64 Å². The van der Waals surface area contributed by atoms with E-state index in [0.717, 1.165) is 18.4 Å². The summed E-state index contributed by atoms with van der Waals surface area (Å²) in [7, 11) is 3.83. The van der Waals surface area contributed by atoms with E-state index >= 15 is 0 Å². The van der Waals surface area contributed by atoms with Crippen LogP contribution in [0.4, 0.5) is 0 Å². The second-order valence-corrected chi connectivity index (χ2v) is 3.49. The number of allylic oxidation sites excluding steroid dienone is 2. The highest BCUT2D eigenvalue weighted by atomic mass is 16.5. The number of ketones is 1. The van der Waals surface area contributed by atoms with Crippen LogP contribution >= 0.6 is 0 Å². The molecule has 0 bridgehead atoms. The Morgan fingerprint density at radius 2 is 2.06 bits per heavy atom. The zero-order chi connectivity index (χ0) is 12.6. The SMILES string of the molecule is CC.CCOC1=CCC/C(=C\N(C)C)C1=O. The van der Waals surface area contributed by atoms with Crippen molar-refractivity contribution in [3.8, 4) is 0 Å². The van der Waals surface area contributed by atoms with Crippen molar-refractivity contribution in [1.82, 2.24) is 4.90 Å². The van der Waals surface area contributed by atoms with Gasteiger partial charge >= 0.3 is 0 Å². The summed E-state index contributed by atoms with van der Waals surface area (Å²) in [6.07, 6.45) is 5.45. The monoisotopic (exact) mass is 225 g/mol. The van der Waals surface area contributed by atoms with E-state index in [1.807, 2.05) is 52.0 Å². The fourth-order valence-corrected chi connectivity index (χ4v) is 1.44. The van der Waals surface area contributed by atoms with Crippen molar-refractivity contribution in [3.63, 3.8) is 0 Å². The molecule has 0 N–H and O–H groups in total. The summed E-state index contributed by atoms with van der Waals surface area (Å²) in [5, 5.41) is 0.